The van der Waals surface area contributed by atoms with E-state index in [4.69, 9.17) is 4.74 Å². The molecule has 2 saturated heterocycles. The Bertz CT molecular complexity index is 1420. The first-order chi connectivity index (χ1) is 17.9. The number of rotatable bonds is 5. The summed E-state index contributed by atoms with van der Waals surface area (Å²) in [5.74, 6) is -0.111. The van der Waals surface area contributed by atoms with E-state index < -0.39 is 11.9 Å². The van der Waals surface area contributed by atoms with Crippen molar-refractivity contribution in [2.75, 3.05) is 6.54 Å². The molecule has 190 valence electrons. The number of hydrogen-bond acceptors (Lipinski definition) is 6. The van der Waals surface area contributed by atoms with Gasteiger partial charge in [-0.2, -0.15) is 0 Å². The first kappa shape index (κ1) is 23.6. The predicted molar refractivity (Wildman–Crippen MR) is 138 cm³/mol. The Labute approximate surface area is 215 Å². The van der Waals surface area contributed by atoms with Crippen LogP contribution in [0.1, 0.15) is 53.4 Å². The fraction of sp³-hybridized carbons (Fsp3) is 0.379. The molecule has 0 aliphatic carbocycles. The smallest absolute Gasteiger partial charge is 0.255 e. The van der Waals surface area contributed by atoms with Gasteiger partial charge in [0.25, 0.3) is 5.91 Å². The molecule has 2 fully saturated rings. The lowest BCUT2D eigenvalue weighted by atomic mass is 10.0. The van der Waals surface area contributed by atoms with E-state index in [-0.39, 0.29) is 30.4 Å². The number of nitrogens with zero attached hydrogens (tertiary/aromatic N) is 3. The molecule has 3 amide bonds. The Morgan fingerprint density at radius 2 is 1.92 bits per heavy atom. The Hall–Kier alpha value is -3.78. The second-order valence-electron chi connectivity index (χ2n) is 10.4. The average Bonchev–Trinajstić information content (AvgIpc) is 3.38. The van der Waals surface area contributed by atoms with Crippen LogP contribution in [0.15, 0.2) is 48.5 Å². The predicted octanol–water partition coefficient (Wildman–Crippen LogP) is 3.35. The van der Waals surface area contributed by atoms with Gasteiger partial charge >= 0.3 is 0 Å². The summed E-state index contributed by atoms with van der Waals surface area (Å²) >= 11 is 0. The van der Waals surface area contributed by atoms with E-state index in [1.54, 1.807) is 11.0 Å². The number of aryl methyl sites for hydroxylation is 1. The van der Waals surface area contributed by atoms with Crippen LogP contribution in [0, 0.1) is 6.92 Å². The highest BCUT2D eigenvalue weighted by Crippen LogP contribution is 2.32. The van der Waals surface area contributed by atoms with Crippen molar-refractivity contribution in [3.05, 3.63) is 70.9 Å². The Morgan fingerprint density at radius 1 is 1.05 bits per heavy atom. The standard InChI is InChI=1S/C29H30N4O4/c1-17-3-5-20-13-19(4-8-24(20)30-17)15-32-12-11-26(18(32)2)37-22-6-7-23-21(14-22)16-33(29(23)36)25-9-10-27(34)31-28(25)35/h3-8,13-14,18,25-26H,9-12,15-16H2,1-2H3,(H,31,34,35)/t18-,25?,26+/m1/s1. The van der Waals surface area contributed by atoms with E-state index in [9.17, 15) is 14.4 Å². The summed E-state index contributed by atoms with van der Waals surface area (Å²) in [6.07, 6.45) is 1.58. The number of ether oxygens (including phenoxy) is 1. The van der Waals surface area contributed by atoms with Crippen LogP contribution in [0.2, 0.25) is 0 Å². The lowest BCUT2D eigenvalue weighted by Crippen LogP contribution is -2.52. The maximum Gasteiger partial charge on any atom is 0.255 e. The molecule has 3 aliphatic heterocycles. The molecule has 3 atom stereocenters. The molecule has 3 aromatic rings. The molecular formula is C29H30N4O4. The van der Waals surface area contributed by atoms with Crippen LogP contribution < -0.4 is 10.1 Å². The Balaban J connectivity index is 1.11. The van der Waals surface area contributed by atoms with Gasteiger partial charge in [-0.15, -0.1) is 0 Å². The molecule has 8 heteroatoms. The van der Waals surface area contributed by atoms with E-state index in [1.165, 1.54) is 5.56 Å². The van der Waals surface area contributed by atoms with Crippen LogP contribution in [-0.2, 0) is 22.7 Å². The lowest BCUT2D eigenvalue weighted by molar-refractivity contribution is -0.136. The molecule has 2 aromatic carbocycles. The SMILES string of the molecule is Cc1ccc2cc(CN3CC[C@H](Oc4ccc5c(c4)CN(C4CCC(=O)NC4=O)C5=O)[C@H]3C)ccc2n1. The van der Waals surface area contributed by atoms with Crippen molar-refractivity contribution in [3.8, 4) is 5.75 Å². The molecule has 0 saturated carbocycles. The van der Waals surface area contributed by atoms with Crippen LogP contribution >= 0.6 is 0 Å². The summed E-state index contributed by atoms with van der Waals surface area (Å²) < 4.78 is 6.41. The first-order valence-electron chi connectivity index (χ1n) is 12.9. The summed E-state index contributed by atoms with van der Waals surface area (Å²) in [6.45, 7) is 6.35. The van der Waals surface area contributed by atoms with Gasteiger partial charge in [0, 0.05) is 48.7 Å². The molecular weight excluding hydrogens is 468 g/mol. The fourth-order valence-corrected chi connectivity index (χ4v) is 5.76. The lowest BCUT2D eigenvalue weighted by Gasteiger charge is -2.29. The highest BCUT2D eigenvalue weighted by Gasteiger charge is 2.39. The summed E-state index contributed by atoms with van der Waals surface area (Å²) in [5.41, 5.74) is 4.75. The average molecular weight is 499 g/mol. The third-order valence-corrected chi connectivity index (χ3v) is 7.88. The largest absolute Gasteiger partial charge is 0.489 e. The number of hydrogen-bond donors (Lipinski definition) is 1. The summed E-state index contributed by atoms with van der Waals surface area (Å²) in [6, 6.07) is 15.8. The molecule has 0 spiro atoms. The van der Waals surface area contributed by atoms with Gasteiger partial charge in [0.1, 0.15) is 17.9 Å². The maximum absolute atomic E-state index is 13.0. The van der Waals surface area contributed by atoms with E-state index >= 15 is 0 Å². The number of pyridine rings is 1. The zero-order chi connectivity index (χ0) is 25.7. The number of imide groups is 1. The van der Waals surface area contributed by atoms with E-state index in [1.807, 2.05) is 25.1 Å². The second kappa shape index (κ2) is 9.27. The number of amides is 3. The maximum atomic E-state index is 13.0. The third-order valence-electron chi connectivity index (χ3n) is 7.88. The highest BCUT2D eigenvalue weighted by atomic mass is 16.5. The molecule has 4 heterocycles. The Morgan fingerprint density at radius 3 is 2.76 bits per heavy atom. The van der Waals surface area contributed by atoms with Crippen molar-refractivity contribution in [1.29, 1.82) is 0 Å². The van der Waals surface area contributed by atoms with Gasteiger partial charge in [-0.3, -0.25) is 29.6 Å². The summed E-state index contributed by atoms with van der Waals surface area (Å²) in [5, 5.41) is 3.50. The molecule has 1 N–H and O–H groups in total. The minimum atomic E-state index is -0.611. The zero-order valence-electron chi connectivity index (χ0n) is 21.1. The number of fused-ring (bicyclic) bond motifs is 2. The summed E-state index contributed by atoms with van der Waals surface area (Å²) in [4.78, 5) is 45.4. The molecule has 1 unspecified atom stereocenters. The topological polar surface area (TPSA) is 91.8 Å². The van der Waals surface area contributed by atoms with Gasteiger partial charge in [0.15, 0.2) is 0 Å². The van der Waals surface area contributed by atoms with Crippen LogP contribution in [0.25, 0.3) is 10.9 Å². The van der Waals surface area contributed by atoms with E-state index in [0.29, 0.717) is 18.5 Å². The van der Waals surface area contributed by atoms with Gasteiger partial charge in [-0.25, -0.2) is 0 Å². The molecule has 37 heavy (non-hydrogen) atoms. The molecule has 6 rings (SSSR count). The van der Waals surface area contributed by atoms with Gasteiger partial charge < -0.3 is 9.64 Å². The number of carbonyl (C=O) groups excluding carboxylic acids is 3. The van der Waals surface area contributed by atoms with Crippen molar-refractivity contribution < 1.29 is 19.1 Å². The third kappa shape index (κ3) is 4.46. The molecule has 3 aliphatic rings. The monoisotopic (exact) mass is 498 g/mol. The number of carbonyl (C=O) groups is 3. The Kier molecular flexibility index (Phi) is 5.91. The van der Waals surface area contributed by atoms with Crippen molar-refractivity contribution in [3.63, 3.8) is 0 Å². The summed E-state index contributed by atoms with van der Waals surface area (Å²) in [7, 11) is 0. The minimum absolute atomic E-state index is 0.0474. The fourth-order valence-electron chi connectivity index (χ4n) is 5.76. The number of benzene rings is 2. The molecule has 8 nitrogen and oxygen atoms in total. The van der Waals surface area contributed by atoms with Crippen LogP contribution in [-0.4, -0.2) is 57.2 Å². The van der Waals surface area contributed by atoms with Crippen LogP contribution in [0.3, 0.4) is 0 Å². The normalized spacial score (nSPS) is 24.0. The van der Waals surface area contributed by atoms with Gasteiger partial charge in [-0.1, -0.05) is 12.1 Å². The minimum Gasteiger partial charge on any atom is -0.489 e. The van der Waals surface area contributed by atoms with Crippen molar-refractivity contribution in [2.24, 2.45) is 0 Å². The molecule has 0 bridgehead atoms. The number of nitrogens with one attached hydrogen (secondary N) is 1. The zero-order valence-corrected chi connectivity index (χ0v) is 21.1. The van der Waals surface area contributed by atoms with Crippen molar-refractivity contribution in [1.82, 2.24) is 20.1 Å². The highest BCUT2D eigenvalue weighted by molar-refractivity contribution is 6.05. The van der Waals surface area contributed by atoms with Gasteiger partial charge in [0.2, 0.25) is 11.8 Å². The molecule has 0 radical (unpaired) electrons. The first-order valence-corrected chi connectivity index (χ1v) is 12.9. The van der Waals surface area contributed by atoms with Gasteiger partial charge in [0.05, 0.1) is 5.52 Å². The van der Waals surface area contributed by atoms with Crippen LogP contribution in [0.4, 0.5) is 0 Å². The van der Waals surface area contributed by atoms with Gasteiger partial charge in [-0.05, 0) is 74.2 Å². The van der Waals surface area contributed by atoms with E-state index in [0.717, 1.165) is 47.4 Å². The number of likely N-dealkylation sites (tertiary alicyclic amines) is 1. The van der Waals surface area contributed by atoms with Crippen molar-refractivity contribution in [2.45, 2.75) is 64.4 Å². The quantitative estimate of drug-likeness (QED) is 0.543. The van der Waals surface area contributed by atoms with Crippen LogP contribution in [0.5, 0.6) is 5.75 Å². The molecule has 1 aromatic heterocycles. The van der Waals surface area contributed by atoms with E-state index in [2.05, 4.69) is 46.4 Å². The number of aromatic nitrogens is 1. The number of piperidine rings is 1. The second-order valence-corrected chi connectivity index (χ2v) is 10.4. The van der Waals surface area contributed by atoms with Crippen molar-refractivity contribution >= 4 is 28.6 Å².